The van der Waals surface area contributed by atoms with Gasteiger partial charge in [0.25, 0.3) is 0 Å². The van der Waals surface area contributed by atoms with Gasteiger partial charge in [0.1, 0.15) is 5.75 Å². The van der Waals surface area contributed by atoms with Gasteiger partial charge < -0.3 is 15.4 Å². The highest BCUT2D eigenvalue weighted by molar-refractivity contribution is 5.35. The molecule has 2 aromatic rings. The lowest BCUT2D eigenvalue weighted by molar-refractivity contribution is 0.301. The molecule has 0 saturated carbocycles. The number of nitrogens with zero attached hydrogens (tertiary/aromatic N) is 3. The van der Waals surface area contributed by atoms with E-state index in [-0.39, 0.29) is 6.04 Å². The summed E-state index contributed by atoms with van der Waals surface area (Å²) in [5.41, 5.74) is 8.51. The van der Waals surface area contributed by atoms with Crippen LogP contribution in [0.15, 0.2) is 36.7 Å². The van der Waals surface area contributed by atoms with Crippen LogP contribution in [0.5, 0.6) is 5.75 Å². The smallest absolute Gasteiger partial charge is 0.123 e. The molecule has 0 aliphatic heterocycles. The van der Waals surface area contributed by atoms with Crippen LogP contribution >= 0.6 is 0 Å². The molecule has 1 aromatic heterocycles. The van der Waals surface area contributed by atoms with Crippen LogP contribution in [0, 0.1) is 0 Å². The topological polar surface area (TPSA) is 56.3 Å². The summed E-state index contributed by atoms with van der Waals surface area (Å²) in [6.45, 7) is 1.59. The maximum Gasteiger partial charge on any atom is 0.123 e. The van der Waals surface area contributed by atoms with Crippen LogP contribution in [0.3, 0.4) is 0 Å². The molecule has 0 aliphatic rings. The first-order chi connectivity index (χ1) is 9.60. The Balaban J connectivity index is 1.98. The third kappa shape index (κ3) is 3.59. The van der Waals surface area contributed by atoms with E-state index in [1.54, 1.807) is 7.11 Å². The molecule has 5 nitrogen and oxygen atoms in total. The fraction of sp³-hybridized carbons (Fsp3) is 0.400. The lowest BCUT2D eigenvalue weighted by atomic mass is 10.1. The van der Waals surface area contributed by atoms with Crippen molar-refractivity contribution in [3.63, 3.8) is 0 Å². The first-order valence-corrected chi connectivity index (χ1v) is 6.64. The van der Waals surface area contributed by atoms with Gasteiger partial charge in [0.2, 0.25) is 0 Å². The van der Waals surface area contributed by atoms with Crippen molar-refractivity contribution in [1.82, 2.24) is 14.7 Å². The minimum atomic E-state index is -0.0761. The van der Waals surface area contributed by atoms with E-state index in [0.29, 0.717) is 0 Å². The molecule has 0 fully saturated rings. The van der Waals surface area contributed by atoms with Crippen LogP contribution in [-0.2, 0) is 13.6 Å². The molecule has 108 valence electrons. The zero-order valence-corrected chi connectivity index (χ0v) is 12.3. The van der Waals surface area contributed by atoms with Crippen molar-refractivity contribution in [2.45, 2.75) is 12.6 Å². The lowest BCUT2D eigenvalue weighted by Gasteiger charge is -2.22. The minimum absolute atomic E-state index is 0.0761. The maximum atomic E-state index is 6.29. The number of likely N-dealkylation sites (N-methyl/N-ethyl adjacent to an activating group) is 1. The maximum absolute atomic E-state index is 6.29. The highest BCUT2D eigenvalue weighted by Gasteiger charge is 2.14. The van der Waals surface area contributed by atoms with Crippen molar-refractivity contribution in [3.8, 4) is 5.75 Å². The summed E-state index contributed by atoms with van der Waals surface area (Å²) >= 11 is 0. The fourth-order valence-electron chi connectivity index (χ4n) is 2.34. The number of ether oxygens (including phenoxy) is 1. The Bertz CT molecular complexity index is 552. The van der Waals surface area contributed by atoms with Gasteiger partial charge in [0, 0.05) is 43.5 Å². The second-order valence-corrected chi connectivity index (χ2v) is 5.07. The number of nitrogens with two attached hydrogens (primary N) is 1. The van der Waals surface area contributed by atoms with Crippen molar-refractivity contribution in [3.05, 3.63) is 47.8 Å². The molecular weight excluding hydrogens is 252 g/mol. The summed E-state index contributed by atoms with van der Waals surface area (Å²) in [5.74, 6) is 0.842. The van der Waals surface area contributed by atoms with Crippen molar-refractivity contribution >= 4 is 0 Å². The Labute approximate surface area is 119 Å². The van der Waals surface area contributed by atoms with Gasteiger partial charge in [-0.3, -0.25) is 4.68 Å². The summed E-state index contributed by atoms with van der Waals surface area (Å²) in [6.07, 6.45) is 3.90. The van der Waals surface area contributed by atoms with Crippen LogP contribution in [0.4, 0.5) is 0 Å². The third-order valence-electron chi connectivity index (χ3n) is 3.26. The molecule has 1 aromatic carbocycles. The van der Waals surface area contributed by atoms with Gasteiger partial charge in [-0.15, -0.1) is 0 Å². The second kappa shape index (κ2) is 6.54. The van der Waals surface area contributed by atoms with E-state index in [4.69, 9.17) is 10.5 Å². The highest BCUT2D eigenvalue weighted by atomic mass is 16.5. The molecule has 1 atom stereocenters. The number of hydrogen-bond acceptors (Lipinski definition) is 4. The summed E-state index contributed by atoms with van der Waals surface area (Å²) < 4.78 is 7.17. The van der Waals surface area contributed by atoms with E-state index in [9.17, 15) is 0 Å². The molecule has 2 N–H and O–H groups in total. The van der Waals surface area contributed by atoms with Gasteiger partial charge >= 0.3 is 0 Å². The molecule has 2 rings (SSSR count). The zero-order chi connectivity index (χ0) is 14.5. The van der Waals surface area contributed by atoms with Gasteiger partial charge in [0.05, 0.1) is 13.3 Å². The number of rotatable bonds is 6. The Morgan fingerprint density at radius 3 is 2.80 bits per heavy atom. The standard InChI is InChI=1S/C15H22N4O/c1-18(9-12-8-17-19(2)10-12)11-14(16)13-6-4-5-7-15(13)20-3/h4-8,10,14H,9,11,16H2,1-3H3. The summed E-state index contributed by atoms with van der Waals surface area (Å²) in [5, 5.41) is 4.17. The molecule has 0 amide bonds. The van der Waals surface area contributed by atoms with E-state index in [1.807, 2.05) is 48.4 Å². The number of aromatic nitrogens is 2. The molecular formula is C15H22N4O. The van der Waals surface area contributed by atoms with Crippen LogP contribution in [0.25, 0.3) is 0 Å². The monoisotopic (exact) mass is 274 g/mol. The average Bonchev–Trinajstić information content (AvgIpc) is 2.83. The van der Waals surface area contributed by atoms with E-state index in [1.165, 1.54) is 5.56 Å². The van der Waals surface area contributed by atoms with Crippen LogP contribution < -0.4 is 10.5 Å². The quantitative estimate of drug-likeness (QED) is 0.868. The lowest BCUT2D eigenvalue weighted by Crippen LogP contribution is -2.29. The van der Waals surface area contributed by atoms with E-state index < -0.39 is 0 Å². The minimum Gasteiger partial charge on any atom is -0.496 e. The normalized spacial score (nSPS) is 12.7. The predicted molar refractivity (Wildman–Crippen MR) is 79.5 cm³/mol. The van der Waals surface area contributed by atoms with Crippen molar-refractivity contribution in [2.75, 3.05) is 20.7 Å². The molecule has 0 spiro atoms. The van der Waals surface area contributed by atoms with Gasteiger partial charge in [0.15, 0.2) is 0 Å². The molecule has 1 unspecified atom stereocenters. The van der Waals surface area contributed by atoms with E-state index >= 15 is 0 Å². The number of benzene rings is 1. The summed E-state index contributed by atoms with van der Waals surface area (Å²) in [4.78, 5) is 2.19. The van der Waals surface area contributed by atoms with Crippen LogP contribution in [-0.4, -0.2) is 35.4 Å². The molecule has 20 heavy (non-hydrogen) atoms. The molecule has 0 radical (unpaired) electrons. The fourth-order valence-corrected chi connectivity index (χ4v) is 2.34. The summed E-state index contributed by atoms with van der Waals surface area (Å²) in [6, 6.07) is 7.82. The Kier molecular flexibility index (Phi) is 4.76. The Hall–Kier alpha value is -1.85. The molecule has 5 heteroatoms. The van der Waals surface area contributed by atoms with Gasteiger partial charge in [-0.1, -0.05) is 18.2 Å². The molecule has 0 saturated heterocycles. The predicted octanol–water partition coefficient (Wildman–Crippen LogP) is 1.56. The van der Waals surface area contributed by atoms with Crippen molar-refractivity contribution in [2.24, 2.45) is 12.8 Å². The van der Waals surface area contributed by atoms with Crippen molar-refractivity contribution < 1.29 is 4.74 Å². The van der Waals surface area contributed by atoms with E-state index in [0.717, 1.165) is 24.4 Å². The first kappa shape index (κ1) is 14.6. The van der Waals surface area contributed by atoms with E-state index in [2.05, 4.69) is 17.0 Å². The Morgan fingerprint density at radius 2 is 2.15 bits per heavy atom. The number of hydrogen-bond donors (Lipinski definition) is 1. The molecule has 1 heterocycles. The third-order valence-corrected chi connectivity index (χ3v) is 3.26. The molecule has 0 aliphatic carbocycles. The number of aryl methyl sites for hydroxylation is 1. The SMILES string of the molecule is COc1ccccc1C(N)CN(C)Cc1cnn(C)c1. The van der Waals surface area contributed by atoms with Crippen LogP contribution in [0.2, 0.25) is 0 Å². The second-order valence-electron chi connectivity index (χ2n) is 5.07. The van der Waals surface area contributed by atoms with Gasteiger partial charge in [-0.05, 0) is 13.1 Å². The van der Waals surface area contributed by atoms with Gasteiger partial charge in [-0.2, -0.15) is 5.10 Å². The first-order valence-electron chi connectivity index (χ1n) is 6.64. The van der Waals surface area contributed by atoms with Crippen molar-refractivity contribution in [1.29, 1.82) is 0 Å². The summed E-state index contributed by atoms with van der Waals surface area (Å²) in [7, 11) is 5.65. The van der Waals surface area contributed by atoms with Gasteiger partial charge in [-0.25, -0.2) is 0 Å². The zero-order valence-electron chi connectivity index (χ0n) is 12.3. The van der Waals surface area contributed by atoms with Crippen LogP contribution in [0.1, 0.15) is 17.2 Å². The average molecular weight is 274 g/mol. The molecule has 0 bridgehead atoms. The number of para-hydroxylation sites is 1. The highest BCUT2D eigenvalue weighted by Crippen LogP contribution is 2.23. The largest absolute Gasteiger partial charge is 0.496 e. The Morgan fingerprint density at radius 1 is 1.40 bits per heavy atom. The number of methoxy groups -OCH3 is 1.